The highest BCUT2D eigenvalue weighted by molar-refractivity contribution is 8.18. The van der Waals surface area contributed by atoms with Crippen LogP contribution in [0, 0.1) is 20.2 Å². The first kappa shape index (κ1) is 19.8. The Morgan fingerprint density at radius 1 is 1.30 bits per heavy atom. The number of carbonyl (C=O) groups excluding carboxylic acids is 3. The van der Waals surface area contributed by atoms with Crippen LogP contribution in [-0.4, -0.2) is 50.1 Å². The van der Waals surface area contributed by atoms with E-state index in [1.807, 2.05) is 0 Å². The summed E-state index contributed by atoms with van der Waals surface area (Å²) in [6.07, 6.45) is 0.907. The van der Waals surface area contributed by atoms with Crippen LogP contribution in [0.1, 0.15) is 12.5 Å². The summed E-state index contributed by atoms with van der Waals surface area (Å²) in [6, 6.07) is 0.166. The number of nitro benzene ring substituents is 2. The minimum Gasteiger partial charge on any atom is -0.502 e. The lowest BCUT2D eigenvalue weighted by atomic mass is 10.1. The van der Waals surface area contributed by atoms with Crippen molar-refractivity contribution in [1.82, 2.24) is 4.90 Å². The molecule has 2 amide bonds. The van der Waals surface area contributed by atoms with Crippen LogP contribution in [0.15, 0.2) is 17.0 Å². The number of methoxy groups -OCH3 is 1. The first-order valence-corrected chi connectivity index (χ1v) is 7.90. The second-order valence-electron chi connectivity index (χ2n) is 5.17. The third kappa shape index (κ3) is 3.72. The lowest BCUT2D eigenvalue weighted by Crippen LogP contribution is -2.42. The molecule has 142 valence electrons. The first-order chi connectivity index (χ1) is 12.6. The molecule has 2 rings (SSSR count). The summed E-state index contributed by atoms with van der Waals surface area (Å²) >= 11 is 0.410. The van der Waals surface area contributed by atoms with Crippen LogP contribution < -0.4 is 0 Å². The Morgan fingerprint density at radius 2 is 1.93 bits per heavy atom. The number of carbonyl (C=O) groups is 3. The molecule has 1 atom stereocenters. The Labute approximate surface area is 154 Å². The summed E-state index contributed by atoms with van der Waals surface area (Å²) in [5, 5.41) is 31.1. The van der Waals surface area contributed by atoms with Gasteiger partial charge in [-0.05, 0) is 24.8 Å². The van der Waals surface area contributed by atoms with E-state index < -0.39 is 55.7 Å². The van der Waals surface area contributed by atoms with E-state index in [9.17, 15) is 39.7 Å². The molecule has 1 aliphatic heterocycles. The molecular weight excluding hydrogens is 386 g/mol. The van der Waals surface area contributed by atoms with Crippen molar-refractivity contribution >= 4 is 46.3 Å². The lowest BCUT2D eigenvalue weighted by molar-refractivity contribution is -0.394. The van der Waals surface area contributed by atoms with Gasteiger partial charge in [0.05, 0.1) is 27.9 Å². The fraction of sp³-hybridized carbons (Fsp3) is 0.214. The predicted molar refractivity (Wildman–Crippen MR) is 90.7 cm³/mol. The van der Waals surface area contributed by atoms with E-state index in [2.05, 4.69) is 4.74 Å². The molecular formula is C14H11N3O9S. The van der Waals surface area contributed by atoms with E-state index >= 15 is 0 Å². The normalized spacial score (nSPS) is 16.5. The Hall–Kier alpha value is -3.48. The zero-order valence-corrected chi connectivity index (χ0v) is 14.6. The quantitative estimate of drug-likeness (QED) is 0.334. The molecule has 13 heteroatoms. The molecule has 1 aliphatic rings. The number of thioether (sulfide) groups is 1. The highest BCUT2D eigenvalue weighted by Gasteiger charge is 2.41. The fourth-order valence-electron chi connectivity index (χ4n) is 2.21. The van der Waals surface area contributed by atoms with Gasteiger partial charge in [-0.3, -0.25) is 34.7 Å². The number of aromatic hydroxyl groups is 1. The maximum atomic E-state index is 12.4. The van der Waals surface area contributed by atoms with E-state index in [0.29, 0.717) is 22.7 Å². The molecule has 0 unspecified atom stereocenters. The number of hydrogen-bond donors (Lipinski definition) is 1. The van der Waals surface area contributed by atoms with Crippen LogP contribution in [0.25, 0.3) is 6.08 Å². The fourth-order valence-corrected chi connectivity index (χ4v) is 3.11. The van der Waals surface area contributed by atoms with Gasteiger partial charge in [-0.1, -0.05) is 0 Å². The molecule has 1 aromatic rings. The number of esters is 1. The molecule has 0 bridgehead atoms. The summed E-state index contributed by atoms with van der Waals surface area (Å²) in [6.45, 7) is 1.26. The van der Waals surface area contributed by atoms with Gasteiger partial charge in [0, 0.05) is 11.6 Å². The number of nitro groups is 2. The predicted octanol–water partition coefficient (Wildman–Crippen LogP) is 1.81. The van der Waals surface area contributed by atoms with Crippen LogP contribution >= 0.6 is 11.8 Å². The molecule has 0 aromatic heterocycles. The zero-order valence-electron chi connectivity index (χ0n) is 13.8. The van der Waals surface area contributed by atoms with Gasteiger partial charge in [-0.15, -0.1) is 0 Å². The van der Waals surface area contributed by atoms with E-state index in [0.717, 1.165) is 19.3 Å². The number of non-ortho nitro benzene ring substituents is 1. The molecule has 12 nitrogen and oxygen atoms in total. The molecule has 1 aromatic carbocycles. The third-order valence-corrected chi connectivity index (χ3v) is 4.43. The Balaban J connectivity index is 2.52. The van der Waals surface area contributed by atoms with E-state index in [1.165, 1.54) is 6.92 Å². The molecule has 0 spiro atoms. The van der Waals surface area contributed by atoms with Crippen LogP contribution in [0.5, 0.6) is 5.75 Å². The molecule has 1 N–H and O–H groups in total. The van der Waals surface area contributed by atoms with E-state index in [-0.39, 0.29) is 4.91 Å². The van der Waals surface area contributed by atoms with Gasteiger partial charge in [-0.2, -0.15) is 0 Å². The SMILES string of the molecule is COC(=O)[C@@H](C)N1C(=O)S/C(=C/c2cc([N+](=O)[O-])cc([N+](=O)[O-])c2O)C1=O. The average molecular weight is 397 g/mol. The van der Waals surface area contributed by atoms with Crippen LogP contribution in [0.3, 0.4) is 0 Å². The topological polar surface area (TPSA) is 170 Å². The van der Waals surface area contributed by atoms with Crippen molar-refractivity contribution in [2.75, 3.05) is 7.11 Å². The van der Waals surface area contributed by atoms with Gasteiger partial charge < -0.3 is 9.84 Å². The molecule has 0 radical (unpaired) electrons. The van der Waals surface area contributed by atoms with Gasteiger partial charge in [0.15, 0.2) is 0 Å². The van der Waals surface area contributed by atoms with E-state index in [1.54, 1.807) is 0 Å². The average Bonchev–Trinajstić information content (AvgIpc) is 2.88. The monoisotopic (exact) mass is 397 g/mol. The van der Waals surface area contributed by atoms with Crippen molar-refractivity contribution in [3.05, 3.63) is 42.8 Å². The second-order valence-corrected chi connectivity index (χ2v) is 6.16. The molecule has 1 fully saturated rings. The number of benzene rings is 1. The van der Waals surface area contributed by atoms with Crippen molar-refractivity contribution in [1.29, 1.82) is 0 Å². The maximum Gasteiger partial charge on any atom is 0.328 e. The summed E-state index contributed by atoms with van der Waals surface area (Å²) in [7, 11) is 1.08. The van der Waals surface area contributed by atoms with Crippen molar-refractivity contribution in [2.45, 2.75) is 13.0 Å². The molecule has 1 saturated heterocycles. The van der Waals surface area contributed by atoms with Crippen molar-refractivity contribution in [3.63, 3.8) is 0 Å². The highest BCUT2D eigenvalue weighted by Crippen LogP contribution is 2.39. The summed E-state index contributed by atoms with van der Waals surface area (Å²) in [4.78, 5) is 56.3. The van der Waals surface area contributed by atoms with Crippen LogP contribution in [0.2, 0.25) is 0 Å². The maximum absolute atomic E-state index is 12.4. The number of phenolic OH excluding ortho intramolecular Hbond substituents is 1. The van der Waals surface area contributed by atoms with Crippen molar-refractivity contribution in [3.8, 4) is 5.75 Å². The number of hydrogen-bond acceptors (Lipinski definition) is 10. The van der Waals surface area contributed by atoms with Gasteiger partial charge in [-0.25, -0.2) is 4.79 Å². The van der Waals surface area contributed by atoms with Crippen molar-refractivity contribution in [2.24, 2.45) is 0 Å². The molecule has 27 heavy (non-hydrogen) atoms. The number of nitrogens with zero attached hydrogens (tertiary/aromatic N) is 3. The molecule has 0 saturated carbocycles. The van der Waals surface area contributed by atoms with Gasteiger partial charge >= 0.3 is 11.7 Å². The van der Waals surface area contributed by atoms with Crippen LogP contribution in [-0.2, 0) is 14.3 Å². The number of phenols is 1. The van der Waals surface area contributed by atoms with Crippen LogP contribution in [0.4, 0.5) is 16.2 Å². The summed E-state index contributed by atoms with van der Waals surface area (Å²) in [5.74, 6) is -2.65. The first-order valence-electron chi connectivity index (χ1n) is 7.09. The highest BCUT2D eigenvalue weighted by atomic mass is 32.2. The number of ether oxygens (including phenoxy) is 1. The second kappa shape index (κ2) is 7.41. The molecule has 0 aliphatic carbocycles. The minimum absolute atomic E-state index is 0.277. The van der Waals surface area contributed by atoms with Gasteiger partial charge in [0.1, 0.15) is 6.04 Å². The Bertz CT molecular complexity index is 911. The van der Waals surface area contributed by atoms with E-state index in [4.69, 9.17) is 0 Å². The smallest absolute Gasteiger partial charge is 0.328 e. The summed E-state index contributed by atoms with van der Waals surface area (Å²) < 4.78 is 4.47. The van der Waals surface area contributed by atoms with Crippen molar-refractivity contribution < 1.29 is 34.1 Å². The number of amides is 2. The molecule has 1 heterocycles. The Morgan fingerprint density at radius 3 is 2.44 bits per heavy atom. The lowest BCUT2D eigenvalue weighted by Gasteiger charge is -2.18. The third-order valence-electron chi connectivity index (χ3n) is 3.55. The minimum atomic E-state index is -1.22. The number of rotatable bonds is 5. The summed E-state index contributed by atoms with van der Waals surface area (Å²) in [5.41, 5.74) is -2.02. The Kier molecular flexibility index (Phi) is 5.44. The number of imide groups is 1. The van der Waals surface area contributed by atoms with Gasteiger partial charge in [0.25, 0.3) is 16.8 Å². The zero-order chi connectivity index (χ0) is 20.5. The largest absolute Gasteiger partial charge is 0.502 e. The van der Waals surface area contributed by atoms with Gasteiger partial charge in [0.2, 0.25) is 5.75 Å². The standard InChI is InChI=1S/C14H11N3O9S/c1-6(13(20)26-2)15-12(19)10(27-14(15)21)4-7-3-8(16(22)23)5-9(11(7)18)17(24)25/h3-6,18H,1-2H3/b10-4+/t6-/m1/s1.